The number of benzene rings is 2. The Morgan fingerprint density at radius 2 is 1.86 bits per heavy atom. The fourth-order valence-corrected chi connectivity index (χ4v) is 2.52. The third kappa shape index (κ3) is 2.54. The Labute approximate surface area is 127 Å². The summed E-state index contributed by atoms with van der Waals surface area (Å²) in [6.45, 7) is 0. The van der Waals surface area contributed by atoms with E-state index >= 15 is 0 Å². The molecule has 0 fully saturated rings. The van der Waals surface area contributed by atoms with Crippen LogP contribution in [0.4, 0.5) is 14.5 Å². The molecule has 3 nitrogen and oxygen atoms in total. The minimum atomic E-state index is -0.839. The number of para-hydroxylation sites is 1. The summed E-state index contributed by atoms with van der Waals surface area (Å²) in [6, 6.07) is 9.13. The standard InChI is InChI=1S/C15H9BrF2N2O/c16-9-6-11(17)14(12(18)7-9)20-15(21)10-3-1-2-8-4-5-19-13(8)10/h1-7,19H,(H,20,21). The number of carbonyl (C=O) groups excluding carboxylic acids is 1. The summed E-state index contributed by atoms with van der Waals surface area (Å²) >= 11 is 2.99. The number of rotatable bonds is 2. The third-order valence-corrected chi connectivity index (χ3v) is 3.54. The number of hydrogen-bond donors (Lipinski definition) is 2. The van der Waals surface area contributed by atoms with E-state index in [0.717, 1.165) is 17.5 Å². The van der Waals surface area contributed by atoms with Crippen molar-refractivity contribution in [1.29, 1.82) is 0 Å². The lowest BCUT2D eigenvalue weighted by molar-refractivity contribution is 0.102. The SMILES string of the molecule is O=C(Nc1c(F)cc(Br)cc1F)c1cccc2cc[nH]c12. The van der Waals surface area contributed by atoms with Gasteiger partial charge in [0.2, 0.25) is 0 Å². The lowest BCUT2D eigenvalue weighted by Gasteiger charge is -2.09. The summed E-state index contributed by atoms with van der Waals surface area (Å²) in [4.78, 5) is 15.2. The van der Waals surface area contributed by atoms with Crippen LogP contribution in [0.5, 0.6) is 0 Å². The number of anilines is 1. The molecule has 2 N–H and O–H groups in total. The molecule has 1 heterocycles. The maximum absolute atomic E-state index is 13.7. The topological polar surface area (TPSA) is 44.9 Å². The Kier molecular flexibility index (Phi) is 3.47. The fraction of sp³-hybridized carbons (Fsp3) is 0. The van der Waals surface area contributed by atoms with Crippen LogP contribution >= 0.6 is 15.9 Å². The molecular weight excluding hydrogens is 342 g/mol. The van der Waals surface area contributed by atoms with Gasteiger partial charge in [0.25, 0.3) is 5.91 Å². The molecule has 0 aliphatic rings. The highest BCUT2D eigenvalue weighted by molar-refractivity contribution is 9.10. The van der Waals surface area contributed by atoms with Gasteiger partial charge >= 0.3 is 0 Å². The molecule has 0 aliphatic heterocycles. The van der Waals surface area contributed by atoms with E-state index in [1.165, 1.54) is 0 Å². The first-order valence-corrected chi connectivity index (χ1v) is 6.87. The van der Waals surface area contributed by atoms with E-state index in [9.17, 15) is 13.6 Å². The Morgan fingerprint density at radius 1 is 1.14 bits per heavy atom. The summed E-state index contributed by atoms with van der Waals surface area (Å²) in [5.74, 6) is -2.26. The fourth-order valence-electron chi connectivity index (χ4n) is 2.12. The van der Waals surface area contributed by atoms with Gasteiger partial charge in [0.05, 0.1) is 11.1 Å². The second-order valence-electron chi connectivity index (χ2n) is 4.45. The zero-order chi connectivity index (χ0) is 15.0. The number of carbonyl (C=O) groups is 1. The van der Waals surface area contributed by atoms with Gasteiger partial charge in [-0.05, 0) is 24.3 Å². The molecule has 0 radical (unpaired) electrons. The monoisotopic (exact) mass is 350 g/mol. The van der Waals surface area contributed by atoms with E-state index in [2.05, 4.69) is 26.2 Å². The largest absolute Gasteiger partial charge is 0.361 e. The first-order valence-electron chi connectivity index (χ1n) is 6.08. The molecule has 6 heteroatoms. The van der Waals surface area contributed by atoms with E-state index in [0.29, 0.717) is 11.1 Å². The van der Waals surface area contributed by atoms with Crippen LogP contribution in [0.1, 0.15) is 10.4 Å². The van der Waals surface area contributed by atoms with Crippen LogP contribution in [0.2, 0.25) is 0 Å². The van der Waals surface area contributed by atoms with Gasteiger partial charge in [-0.15, -0.1) is 0 Å². The molecular formula is C15H9BrF2N2O. The van der Waals surface area contributed by atoms with Crippen molar-refractivity contribution in [2.45, 2.75) is 0 Å². The molecule has 0 atom stereocenters. The maximum atomic E-state index is 13.7. The highest BCUT2D eigenvalue weighted by Crippen LogP contribution is 2.25. The summed E-state index contributed by atoms with van der Waals surface area (Å²) in [7, 11) is 0. The van der Waals surface area contributed by atoms with Crippen molar-refractivity contribution in [3.05, 3.63) is 64.3 Å². The van der Waals surface area contributed by atoms with Crippen LogP contribution in [0.3, 0.4) is 0 Å². The number of H-pyrrole nitrogens is 1. The average molecular weight is 351 g/mol. The molecule has 0 aliphatic carbocycles. The van der Waals surface area contributed by atoms with Gasteiger partial charge in [0.15, 0.2) is 11.6 Å². The lowest BCUT2D eigenvalue weighted by atomic mass is 10.1. The molecule has 0 saturated heterocycles. The smallest absolute Gasteiger partial charge is 0.257 e. The minimum absolute atomic E-state index is 0.266. The maximum Gasteiger partial charge on any atom is 0.257 e. The second-order valence-corrected chi connectivity index (χ2v) is 5.36. The zero-order valence-electron chi connectivity index (χ0n) is 10.6. The summed E-state index contributed by atoms with van der Waals surface area (Å²) in [6.07, 6.45) is 1.70. The molecule has 0 unspecified atom stereocenters. The number of aromatic amines is 1. The van der Waals surface area contributed by atoms with Gasteiger partial charge in [0.1, 0.15) is 5.69 Å². The molecule has 1 amide bonds. The number of halogens is 3. The van der Waals surface area contributed by atoms with Crippen molar-refractivity contribution in [3.8, 4) is 0 Å². The predicted molar refractivity (Wildman–Crippen MR) is 80.3 cm³/mol. The van der Waals surface area contributed by atoms with Crippen LogP contribution in [0.15, 0.2) is 47.1 Å². The van der Waals surface area contributed by atoms with Crippen molar-refractivity contribution in [2.75, 3.05) is 5.32 Å². The highest BCUT2D eigenvalue weighted by atomic mass is 79.9. The quantitative estimate of drug-likeness (QED) is 0.704. The molecule has 21 heavy (non-hydrogen) atoms. The molecule has 106 valence electrons. The molecule has 2 aromatic carbocycles. The van der Waals surface area contributed by atoms with Crippen molar-refractivity contribution in [2.24, 2.45) is 0 Å². The van der Waals surface area contributed by atoms with E-state index in [-0.39, 0.29) is 4.47 Å². The van der Waals surface area contributed by atoms with Gasteiger partial charge < -0.3 is 10.3 Å². The second kappa shape index (κ2) is 5.29. The number of nitrogens with one attached hydrogen (secondary N) is 2. The van der Waals surface area contributed by atoms with E-state index in [1.54, 1.807) is 18.3 Å². The van der Waals surface area contributed by atoms with Gasteiger partial charge in [0, 0.05) is 16.1 Å². The molecule has 0 saturated carbocycles. The van der Waals surface area contributed by atoms with Crippen molar-refractivity contribution < 1.29 is 13.6 Å². The molecule has 3 aromatic rings. The van der Waals surface area contributed by atoms with Crippen LogP contribution in [-0.2, 0) is 0 Å². The molecule has 1 aromatic heterocycles. The van der Waals surface area contributed by atoms with Crippen molar-refractivity contribution in [3.63, 3.8) is 0 Å². The normalized spacial score (nSPS) is 10.8. The Balaban J connectivity index is 1.99. The third-order valence-electron chi connectivity index (χ3n) is 3.08. The van der Waals surface area contributed by atoms with Gasteiger partial charge in [-0.25, -0.2) is 8.78 Å². The van der Waals surface area contributed by atoms with E-state index < -0.39 is 23.2 Å². The number of hydrogen-bond acceptors (Lipinski definition) is 1. The van der Waals surface area contributed by atoms with Gasteiger partial charge in [-0.2, -0.15) is 0 Å². The number of aromatic nitrogens is 1. The van der Waals surface area contributed by atoms with Crippen molar-refractivity contribution >= 4 is 38.4 Å². The molecule has 3 rings (SSSR count). The predicted octanol–water partition coefficient (Wildman–Crippen LogP) is 4.46. The summed E-state index contributed by atoms with van der Waals surface area (Å²) in [5, 5.41) is 3.12. The van der Waals surface area contributed by atoms with Crippen LogP contribution in [-0.4, -0.2) is 10.9 Å². The van der Waals surface area contributed by atoms with Crippen LogP contribution < -0.4 is 5.32 Å². The van der Waals surface area contributed by atoms with Crippen LogP contribution in [0.25, 0.3) is 10.9 Å². The number of fused-ring (bicyclic) bond motifs is 1. The summed E-state index contributed by atoms with van der Waals surface area (Å²) in [5.41, 5.74) is 0.471. The van der Waals surface area contributed by atoms with E-state index in [4.69, 9.17) is 0 Å². The molecule has 0 bridgehead atoms. The minimum Gasteiger partial charge on any atom is -0.361 e. The summed E-state index contributed by atoms with van der Waals surface area (Å²) < 4.78 is 27.8. The highest BCUT2D eigenvalue weighted by Gasteiger charge is 2.16. The van der Waals surface area contributed by atoms with Crippen LogP contribution in [0, 0.1) is 11.6 Å². The molecule has 0 spiro atoms. The van der Waals surface area contributed by atoms with Gasteiger partial charge in [-0.3, -0.25) is 4.79 Å². The Hall–Kier alpha value is -2.21. The average Bonchev–Trinajstić information content (AvgIpc) is 2.90. The van der Waals surface area contributed by atoms with Gasteiger partial charge in [-0.1, -0.05) is 28.1 Å². The lowest BCUT2D eigenvalue weighted by Crippen LogP contribution is -2.14. The van der Waals surface area contributed by atoms with E-state index in [1.807, 2.05) is 12.1 Å². The Bertz CT molecular complexity index is 822. The number of amides is 1. The zero-order valence-corrected chi connectivity index (χ0v) is 12.2. The Morgan fingerprint density at radius 3 is 2.57 bits per heavy atom. The first kappa shape index (κ1) is 13.8. The van der Waals surface area contributed by atoms with Crippen molar-refractivity contribution in [1.82, 2.24) is 4.98 Å². The first-order chi connectivity index (χ1) is 10.1.